The van der Waals surface area contributed by atoms with Gasteiger partial charge in [0.15, 0.2) is 0 Å². The summed E-state index contributed by atoms with van der Waals surface area (Å²) >= 11 is 0. The van der Waals surface area contributed by atoms with E-state index < -0.39 is 0 Å². The van der Waals surface area contributed by atoms with Gasteiger partial charge in [-0.25, -0.2) is 4.98 Å². The molecule has 0 unspecified atom stereocenters. The smallest absolute Gasteiger partial charge is 0.327 e. The third-order valence-electron chi connectivity index (χ3n) is 3.94. The van der Waals surface area contributed by atoms with Crippen molar-refractivity contribution in [3.63, 3.8) is 0 Å². The minimum Gasteiger partial charge on any atom is -0.465 e. The number of ether oxygens (including phenoxy) is 1. The third kappa shape index (κ3) is 4.38. The first-order chi connectivity index (χ1) is 12.5. The molecule has 0 bridgehead atoms. The lowest BCUT2D eigenvalue weighted by Crippen LogP contribution is -2.13. The lowest BCUT2D eigenvalue weighted by molar-refractivity contribution is -0.144. The molecule has 3 rings (SSSR count). The molecule has 0 saturated heterocycles. The molecule has 0 saturated carbocycles. The zero-order chi connectivity index (χ0) is 18.5. The maximum absolute atomic E-state index is 11.5. The summed E-state index contributed by atoms with van der Waals surface area (Å²) in [5.41, 5.74) is 1.62. The minimum absolute atomic E-state index is 0.0769. The number of hydrogen-bond acceptors (Lipinski definition) is 6. The molecule has 0 amide bonds. The van der Waals surface area contributed by atoms with E-state index in [-0.39, 0.29) is 12.5 Å². The predicted molar refractivity (Wildman–Crippen MR) is 99.1 cm³/mol. The predicted octanol–water partition coefficient (Wildman–Crippen LogP) is 2.98. The number of carbonyl (C=O) groups excluding carboxylic acids is 1. The standard InChI is InChI=1S/C18H24N6O2/c1-4-26-16(25)12-24-11-15(10-20-24)21-18-19-9-14-6-8-23(17(14)22-18)7-5-13(2)3/h6,8-11,13H,4-5,7,12H2,1-3H3,(H,19,21,22). The fourth-order valence-corrected chi connectivity index (χ4v) is 2.59. The molecule has 0 fully saturated rings. The number of anilines is 2. The Morgan fingerprint density at radius 1 is 1.35 bits per heavy atom. The van der Waals surface area contributed by atoms with Crippen LogP contribution in [0.2, 0.25) is 0 Å². The summed E-state index contributed by atoms with van der Waals surface area (Å²) in [6, 6.07) is 2.02. The van der Waals surface area contributed by atoms with E-state index in [2.05, 4.69) is 38.8 Å². The molecule has 0 aliphatic carbocycles. The monoisotopic (exact) mass is 356 g/mol. The van der Waals surface area contributed by atoms with Crippen LogP contribution in [0.4, 0.5) is 11.6 Å². The number of nitrogens with zero attached hydrogens (tertiary/aromatic N) is 5. The highest BCUT2D eigenvalue weighted by Crippen LogP contribution is 2.18. The van der Waals surface area contributed by atoms with E-state index in [0.717, 1.165) is 24.0 Å². The topological polar surface area (TPSA) is 86.9 Å². The molecule has 8 heteroatoms. The van der Waals surface area contributed by atoms with Crippen LogP contribution in [0.3, 0.4) is 0 Å². The molecule has 8 nitrogen and oxygen atoms in total. The Morgan fingerprint density at radius 3 is 2.96 bits per heavy atom. The van der Waals surface area contributed by atoms with Crippen molar-refractivity contribution in [1.82, 2.24) is 24.3 Å². The van der Waals surface area contributed by atoms with Crippen LogP contribution in [-0.4, -0.2) is 36.9 Å². The van der Waals surface area contributed by atoms with Crippen molar-refractivity contribution in [3.05, 3.63) is 30.9 Å². The van der Waals surface area contributed by atoms with Gasteiger partial charge in [0.2, 0.25) is 5.95 Å². The molecule has 3 aromatic heterocycles. The van der Waals surface area contributed by atoms with Gasteiger partial charge in [0.1, 0.15) is 12.2 Å². The van der Waals surface area contributed by atoms with Crippen molar-refractivity contribution in [2.45, 2.75) is 40.3 Å². The number of esters is 1. The molecular weight excluding hydrogens is 332 g/mol. The van der Waals surface area contributed by atoms with Crippen LogP contribution in [0.15, 0.2) is 30.9 Å². The van der Waals surface area contributed by atoms with Gasteiger partial charge < -0.3 is 14.6 Å². The van der Waals surface area contributed by atoms with Crippen molar-refractivity contribution in [3.8, 4) is 0 Å². The van der Waals surface area contributed by atoms with Crippen LogP contribution < -0.4 is 5.32 Å². The Balaban J connectivity index is 1.71. The fourth-order valence-electron chi connectivity index (χ4n) is 2.59. The largest absolute Gasteiger partial charge is 0.465 e. The minimum atomic E-state index is -0.317. The van der Waals surface area contributed by atoms with Crippen molar-refractivity contribution in [2.24, 2.45) is 5.92 Å². The summed E-state index contributed by atoms with van der Waals surface area (Å²) in [6.07, 6.45) is 8.30. The Hall–Kier alpha value is -2.90. The van der Waals surface area contributed by atoms with E-state index in [0.29, 0.717) is 24.2 Å². The second kappa shape index (κ2) is 7.99. The van der Waals surface area contributed by atoms with Gasteiger partial charge in [-0.1, -0.05) is 13.8 Å². The van der Waals surface area contributed by atoms with Crippen molar-refractivity contribution in [1.29, 1.82) is 0 Å². The molecule has 138 valence electrons. The molecular formula is C18H24N6O2. The molecule has 3 heterocycles. The van der Waals surface area contributed by atoms with E-state index in [1.165, 1.54) is 4.68 Å². The number of carbonyl (C=O) groups is 1. The maximum Gasteiger partial charge on any atom is 0.327 e. The van der Waals surface area contributed by atoms with E-state index in [9.17, 15) is 4.79 Å². The van der Waals surface area contributed by atoms with Crippen molar-refractivity contribution >= 4 is 28.6 Å². The fraction of sp³-hybridized carbons (Fsp3) is 0.444. The number of fused-ring (bicyclic) bond motifs is 1. The van der Waals surface area contributed by atoms with Crippen LogP contribution in [0, 0.1) is 5.92 Å². The zero-order valence-electron chi connectivity index (χ0n) is 15.3. The van der Waals surface area contributed by atoms with Gasteiger partial charge in [-0.15, -0.1) is 0 Å². The molecule has 0 aromatic carbocycles. The van der Waals surface area contributed by atoms with E-state index >= 15 is 0 Å². The average molecular weight is 356 g/mol. The van der Waals surface area contributed by atoms with Gasteiger partial charge in [0, 0.05) is 30.5 Å². The molecule has 1 N–H and O–H groups in total. The Labute approximate surface area is 152 Å². The Morgan fingerprint density at radius 2 is 2.19 bits per heavy atom. The highest BCUT2D eigenvalue weighted by Gasteiger charge is 2.09. The van der Waals surface area contributed by atoms with E-state index in [4.69, 9.17) is 4.74 Å². The number of aromatic nitrogens is 5. The number of nitrogens with one attached hydrogen (secondary N) is 1. The van der Waals surface area contributed by atoms with E-state index in [1.807, 2.05) is 12.3 Å². The van der Waals surface area contributed by atoms with Gasteiger partial charge in [-0.2, -0.15) is 10.1 Å². The highest BCUT2D eigenvalue weighted by molar-refractivity contribution is 5.76. The number of rotatable bonds is 8. The molecule has 0 spiro atoms. The summed E-state index contributed by atoms with van der Waals surface area (Å²) in [5, 5.41) is 8.29. The van der Waals surface area contributed by atoms with Crippen LogP contribution in [0.5, 0.6) is 0 Å². The van der Waals surface area contributed by atoms with Crippen LogP contribution in [0.1, 0.15) is 27.2 Å². The Bertz CT molecular complexity index is 883. The van der Waals surface area contributed by atoms with Gasteiger partial charge in [0.05, 0.1) is 18.5 Å². The highest BCUT2D eigenvalue weighted by atomic mass is 16.5. The van der Waals surface area contributed by atoms with Crippen molar-refractivity contribution < 1.29 is 9.53 Å². The molecule has 0 radical (unpaired) electrons. The van der Waals surface area contributed by atoms with E-state index in [1.54, 1.807) is 25.5 Å². The normalized spacial score (nSPS) is 11.2. The molecule has 26 heavy (non-hydrogen) atoms. The summed E-state index contributed by atoms with van der Waals surface area (Å²) in [7, 11) is 0. The molecule has 0 atom stereocenters. The number of hydrogen-bond donors (Lipinski definition) is 1. The van der Waals surface area contributed by atoms with Gasteiger partial charge in [-0.3, -0.25) is 9.48 Å². The quantitative estimate of drug-likeness (QED) is 0.624. The molecule has 3 aromatic rings. The summed E-state index contributed by atoms with van der Waals surface area (Å²) in [6.45, 7) is 7.56. The second-order valence-electron chi connectivity index (χ2n) is 6.52. The van der Waals surface area contributed by atoms with Gasteiger partial charge in [0.25, 0.3) is 0 Å². The van der Waals surface area contributed by atoms with Crippen LogP contribution in [-0.2, 0) is 22.6 Å². The summed E-state index contributed by atoms with van der Waals surface area (Å²) in [4.78, 5) is 20.5. The van der Waals surface area contributed by atoms with Crippen LogP contribution >= 0.6 is 0 Å². The summed E-state index contributed by atoms with van der Waals surface area (Å²) in [5.74, 6) is 0.817. The van der Waals surface area contributed by atoms with Crippen molar-refractivity contribution in [2.75, 3.05) is 11.9 Å². The Kier molecular flexibility index (Phi) is 5.50. The SMILES string of the molecule is CCOC(=O)Cn1cc(Nc2ncc3ccn(CCC(C)C)c3n2)cn1. The summed E-state index contributed by atoms with van der Waals surface area (Å²) < 4.78 is 8.58. The van der Waals surface area contributed by atoms with Crippen LogP contribution in [0.25, 0.3) is 11.0 Å². The maximum atomic E-state index is 11.5. The second-order valence-corrected chi connectivity index (χ2v) is 6.52. The number of aryl methyl sites for hydroxylation is 1. The zero-order valence-corrected chi connectivity index (χ0v) is 15.3. The first kappa shape index (κ1) is 17.9. The molecule has 0 aliphatic rings. The van der Waals surface area contributed by atoms with Gasteiger partial charge in [-0.05, 0) is 25.3 Å². The lowest BCUT2D eigenvalue weighted by atomic mass is 10.1. The average Bonchev–Trinajstić information content (AvgIpc) is 3.19. The first-order valence-corrected chi connectivity index (χ1v) is 8.82. The first-order valence-electron chi connectivity index (χ1n) is 8.82. The lowest BCUT2D eigenvalue weighted by Gasteiger charge is -2.08. The van der Waals surface area contributed by atoms with Gasteiger partial charge >= 0.3 is 5.97 Å². The molecule has 0 aliphatic heterocycles. The third-order valence-corrected chi connectivity index (χ3v) is 3.94.